The Hall–Kier alpha value is -1.95. The first-order valence-corrected chi connectivity index (χ1v) is 6.04. The zero-order valence-electron chi connectivity index (χ0n) is 10.4. The number of hydrogen-bond acceptors (Lipinski definition) is 3. The van der Waals surface area contributed by atoms with Gasteiger partial charge >= 0.3 is 5.97 Å². The quantitative estimate of drug-likeness (QED) is 0.771. The van der Waals surface area contributed by atoms with E-state index in [9.17, 15) is 14.0 Å². The monoisotopic (exact) mass is 266 g/mol. The maximum absolute atomic E-state index is 13.5. The number of carboxylic acids is 1. The molecule has 2 rings (SSSR count). The van der Waals surface area contributed by atoms with Crippen LogP contribution in [0.4, 0.5) is 10.1 Å². The predicted octanol–water partition coefficient (Wildman–Crippen LogP) is 1.32. The molecule has 0 saturated carbocycles. The SMILES string of the molecule is CC1CNCC1C(=O)Nc1cccc(F)c1C(=O)O. The van der Waals surface area contributed by atoms with Crippen LogP contribution < -0.4 is 10.6 Å². The second kappa shape index (κ2) is 5.36. The molecule has 6 heteroatoms. The van der Waals surface area contributed by atoms with Gasteiger partial charge in [-0.2, -0.15) is 0 Å². The van der Waals surface area contributed by atoms with Crippen LogP contribution in [0.1, 0.15) is 17.3 Å². The molecule has 1 saturated heterocycles. The highest BCUT2D eigenvalue weighted by atomic mass is 19.1. The first kappa shape index (κ1) is 13.5. The van der Waals surface area contributed by atoms with Crippen molar-refractivity contribution >= 4 is 17.6 Å². The summed E-state index contributed by atoms with van der Waals surface area (Å²) < 4.78 is 13.5. The maximum atomic E-state index is 13.5. The summed E-state index contributed by atoms with van der Waals surface area (Å²) in [5, 5.41) is 14.6. The lowest BCUT2D eigenvalue weighted by atomic mass is 9.97. The van der Waals surface area contributed by atoms with Gasteiger partial charge in [0, 0.05) is 6.54 Å². The molecule has 1 fully saturated rings. The zero-order valence-corrected chi connectivity index (χ0v) is 10.4. The first-order chi connectivity index (χ1) is 9.00. The van der Waals surface area contributed by atoms with Crippen molar-refractivity contribution in [2.75, 3.05) is 18.4 Å². The van der Waals surface area contributed by atoms with Crippen LogP contribution in [0, 0.1) is 17.7 Å². The molecule has 0 radical (unpaired) electrons. The van der Waals surface area contributed by atoms with Gasteiger partial charge in [-0.1, -0.05) is 13.0 Å². The number of carbonyl (C=O) groups excluding carboxylic acids is 1. The third kappa shape index (κ3) is 2.73. The standard InChI is InChI=1S/C13H15FN2O3/c1-7-5-15-6-8(7)12(17)16-10-4-2-3-9(14)11(10)13(18)19/h2-4,7-8,15H,5-6H2,1H3,(H,16,17)(H,18,19). The van der Waals surface area contributed by atoms with Gasteiger partial charge in [0.25, 0.3) is 0 Å². The number of carboxylic acid groups (broad SMARTS) is 1. The van der Waals surface area contributed by atoms with Gasteiger partial charge < -0.3 is 15.7 Å². The summed E-state index contributed by atoms with van der Waals surface area (Å²) in [6, 6.07) is 3.81. The highest BCUT2D eigenvalue weighted by Gasteiger charge is 2.30. The number of amides is 1. The van der Waals surface area contributed by atoms with E-state index in [1.165, 1.54) is 12.1 Å². The van der Waals surface area contributed by atoms with Gasteiger partial charge in [0.1, 0.15) is 11.4 Å². The Morgan fingerprint density at radius 3 is 2.74 bits per heavy atom. The number of aromatic carboxylic acids is 1. The van der Waals surface area contributed by atoms with Crippen molar-refractivity contribution in [3.05, 3.63) is 29.6 Å². The van der Waals surface area contributed by atoms with Crippen molar-refractivity contribution in [2.45, 2.75) is 6.92 Å². The molecule has 1 aliphatic heterocycles. The van der Waals surface area contributed by atoms with Crippen molar-refractivity contribution in [1.29, 1.82) is 0 Å². The van der Waals surface area contributed by atoms with E-state index in [-0.39, 0.29) is 23.4 Å². The lowest BCUT2D eigenvalue weighted by molar-refractivity contribution is -0.120. The molecule has 3 N–H and O–H groups in total. The molecule has 2 unspecified atom stereocenters. The van der Waals surface area contributed by atoms with Gasteiger partial charge in [-0.25, -0.2) is 9.18 Å². The second-order valence-corrected chi connectivity index (χ2v) is 4.70. The Bertz CT molecular complexity index is 519. The van der Waals surface area contributed by atoms with E-state index >= 15 is 0 Å². The molecule has 1 heterocycles. The summed E-state index contributed by atoms with van der Waals surface area (Å²) in [5.41, 5.74) is -0.508. The van der Waals surface area contributed by atoms with Gasteiger partial charge in [-0.15, -0.1) is 0 Å². The summed E-state index contributed by atoms with van der Waals surface area (Å²) >= 11 is 0. The van der Waals surface area contributed by atoms with Crippen LogP contribution in [0.3, 0.4) is 0 Å². The van der Waals surface area contributed by atoms with E-state index in [1.54, 1.807) is 0 Å². The summed E-state index contributed by atoms with van der Waals surface area (Å²) in [4.78, 5) is 23.1. The first-order valence-electron chi connectivity index (χ1n) is 6.04. The van der Waals surface area contributed by atoms with Crippen LogP contribution in [0.5, 0.6) is 0 Å². The second-order valence-electron chi connectivity index (χ2n) is 4.70. The Labute approximate surface area is 109 Å². The fourth-order valence-corrected chi connectivity index (χ4v) is 2.23. The van der Waals surface area contributed by atoms with E-state index in [2.05, 4.69) is 10.6 Å². The minimum Gasteiger partial charge on any atom is -0.478 e. The van der Waals surface area contributed by atoms with Crippen LogP contribution in [-0.2, 0) is 4.79 Å². The van der Waals surface area contributed by atoms with Crippen molar-refractivity contribution in [3.63, 3.8) is 0 Å². The molecule has 0 aliphatic carbocycles. The van der Waals surface area contributed by atoms with E-state index in [1.807, 2.05) is 6.92 Å². The van der Waals surface area contributed by atoms with E-state index < -0.39 is 17.3 Å². The molecule has 1 aliphatic rings. The Balaban J connectivity index is 2.21. The van der Waals surface area contributed by atoms with Gasteiger partial charge in [-0.05, 0) is 24.6 Å². The van der Waals surface area contributed by atoms with Crippen molar-refractivity contribution in [2.24, 2.45) is 11.8 Å². The fourth-order valence-electron chi connectivity index (χ4n) is 2.23. The normalized spacial score (nSPS) is 22.2. The van der Waals surface area contributed by atoms with Crippen molar-refractivity contribution < 1.29 is 19.1 Å². The highest BCUT2D eigenvalue weighted by molar-refractivity contribution is 6.01. The predicted molar refractivity (Wildman–Crippen MR) is 67.5 cm³/mol. The molecular formula is C13H15FN2O3. The van der Waals surface area contributed by atoms with Gasteiger partial charge in [0.05, 0.1) is 11.6 Å². The van der Waals surface area contributed by atoms with Crippen molar-refractivity contribution in [1.82, 2.24) is 5.32 Å². The van der Waals surface area contributed by atoms with Crippen LogP contribution in [-0.4, -0.2) is 30.1 Å². The number of halogens is 1. The molecule has 1 aromatic rings. The molecular weight excluding hydrogens is 251 g/mol. The number of hydrogen-bond donors (Lipinski definition) is 3. The van der Waals surface area contributed by atoms with Crippen molar-refractivity contribution in [3.8, 4) is 0 Å². The fraction of sp³-hybridized carbons (Fsp3) is 0.385. The number of carbonyl (C=O) groups is 2. The smallest absolute Gasteiger partial charge is 0.340 e. The molecule has 1 aromatic carbocycles. The van der Waals surface area contributed by atoms with E-state index in [4.69, 9.17) is 5.11 Å². The summed E-state index contributed by atoms with van der Waals surface area (Å²) in [5.74, 6) is -2.61. The van der Waals surface area contributed by atoms with E-state index in [0.717, 1.165) is 12.6 Å². The van der Waals surface area contributed by atoms with E-state index in [0.29, 0.717) is 6.54 Å². The third-order valence-electron chi connectivity index (χ3n) is 3.34. The van der Waals surface area contributed by atoms with Gasteiger partial charge in [0.2, 0.25) is 5.91 Å². The molecule has 0 spiro atoms. The van der Waals surface area contributed by atoms with Gasteiger partial charge in [0.15, 0.2) is 0 Å². The molecule has 19 heavy (non-hydrogen) atoms. The average Bonchev–Trinajstić information content (AvgIpc) is 2.75. The molecule has 0 bridgehead atoms. The molecule has 5 nitrogen and oxygen atoms in total. The minimum absolute atomic E-state index is 0.00315. The number of benzene rings is 1. The van der Waals surface area contributed by atoms with Crippen LogP contribution in [0.15, 0.2) is 18.2 Å². The summed E-state index contributed by atoms with van der Waals surface area (Å²) in [6.07, 6.45) is 0. The molecule has 1 amide bonds. The summed E-state index contributed by atoms with van der Waals surface area (Å²) in [7, 11) is 0. The highest BCUT2D eigenvalue weighted by Crippen LogP contribution is 2.22. The van der Waals surface area contributed by atoms with Gasteiger partial charge in [-0.3, -0.25) is 4.79 Å². The van der Waals surface area contributed by atoms with Crippen LogP contribution in [0.2, 0.25) is 0 Å². The van der Waals surface area contributed by atoms with Crippen LogP contribution in [0.25, 0.3) is 0 Å². The number of rotatable bonds is 3. The zero-order chi connectivity index (χ0) is 14.0. The summed E-state index contributed by atoms with van der Waals surface area (Å²) in [6.45, 7) is 3.23. The largest absolute Gasteiger partial charge is 0.478 e. The minimum atomic E-state index is -1.40. The lowest BCUT2D eigenvalue weighted by Gasteiger charge is -2.15. The third-order valence-corrected chi connectivity index (χ3v) is 3.34. The number of anilines is 1. The Morgan fingerprint density at radius 1 is 1.42 bits per heavy atom. The Morgan fingerprint density at radius 2 is 2.16 bits per heavy atom. The topological polar surface area (TPSA) is 78.4 Å². The average molecular weight is 266 g/mol. The molecule has 2 atom stereocenters. The number of nitrogens with one attached hydrogen (secondary N) is 2. The molecule has 102 valence electrons. The Kier molecular flexibility index (Phi) is 3.80. The molecule has 0 aromatic heterocycles. The lowest BCUT2D eigenvalue weighted by Crippen LogP contribution is -2.28. The maximum Gasteiger partial charge on any atom is 0.340 e. The van der Waals surface area contributed by atoms with Crippen LogP contribution >= 0.6 is 0 Å².